The second-order valence-electron chi connectivity index (χ2n) is 6.33. The molecule has 28 heavy (non-hydrogen) atoms. The van der Waals surface area contributed by atoms with Crippen LogP contribution in [0.25, 0.3) is 23.0 Å². The molecular formula is C24H18N2O2. The van der Waals surface area contributed by atoms with Crippen molar-refractivity contribution in [1.29, 1.82) is 0 Å². The number of allylic oxidation sites excluding steroid dienone is 1. The lowest BCUT2D eigenvalue weighted by Crippen LogP contribution is -1.93. The number of carbonyl (C=O) groups is 1. The van der Waals surface area contributed by atoms with Crippen molar-refractivity contribution in [3.63, 3.8) is 0 Å². The fourth-order valence-corrected chi connectivity index (χ4v) is 2.96. The lowest BCUT2D eigenvalue weighted by atomic mass is 10.1. The summed E-state index contributed by atoms with van der Waals surface area (Å²) in [5.41, 5.74) is 3.99. The Bertz CT molecular complexity index is 1130. The van der Waals surface area contributed by atoms with E-state index < -0.39 is 0 Å². The highest BCUT2D eigenvalue weighted by Gasteiger charge is 2.11. The van der Waals surface area contributed by atoms with Crippen molar-refractivity contribution in [1.82, 2.24) is 9.78 Å². The van der Waals surface area contributed by atoms with Gasteiger partial charge in [-0.2, -0.15) is 5.10 Å². The van der Waals surface area contributed by atoms with Gasteiger partial charge in [0, 0.05) is 22.9 Å². The highest BCUT2D eigenvalue weighted by atomic mass is 16.3. The Morgan fingerprint density at radius 2 is 1.61 bits per heavy atom. The van der Waals surface area contributed by atoms with Gasteiger partial charge in [-0.3, -0.25) is 4.79 Å². The minimum atomic E-state index is -0.178. The molecule has 0 aliphatic rings. The van der Waals surface area contributed by atoms with Gasteiger partial charge in [0.05, 0.1) is 11.4 Å². The predicted octanol–water partition coefficient (Wildman–Crippen LogP) is 5.14. The van der Waals surface area contributed by atoms with Crippen molar-refractivity contribution in [2.75, 3.05) is 0 Å². The van der Waals surface area contributed by atoms with E-state index >= 15 is 0 Å². The van der Waals surface area contributed by atoms with E-state index in [1.54, 1.807) is 22.9 Å². The van der Waals surface area contributed by atoms with Crippen LogP contribution in [0.3, 0.4) is 0 Å². The molecule has 4 nitrogen and oxygen atoms in total. The summed E-state index contributed by atoms with van der Waals surface area (Å²) in [6.45, 7) is 0. The van der Waals surface area contributed by atoms with E-state index in [-0.39, 0.29) is 11.5 Å². The largest absolute Gasteiger partial charge is 0.508 e. The Kier molecular flexibility index (Phi) is 4.85. The van der Waals surface area contributed by atoms with Gasteiger partial charge in [-0.05, 0) is 36.4 Å². The number of ketones is 1. The maximum Gasteiger partial charge on any atom is 0.185 e. The number of benzene rings is 3. The second kappa shape index (κ2) is 7.76. The number of phenols is 1. The standard InChI is InChI=1S/C24H18N2O2/c27-22-13-7-10-19(16-22)23(28)15-14-20-17-26(21-11-5-2-6-12-21)25-24(20)18-8-3-1-4-9-18/h1-17,27H/b15-14+. The summed E-state index contributed by atoms with van der Waals surface area (Å²) >= 11 is 0. The van der Waals surface area contributed by atoms with Crippen LogP contribution in [0.1, 0.15) is 15.9 Å². The average Bonchev–Trinajstić information content (AvgIpc) is 3.17. The van der Waals surface area contributed by atoms with Gasteiger partial charge in [0.1, 0.15) is 5.75 Å². The van der Waals surface area contributed by atoms with Gasteiger partial charge in [-0.1, -0.05) is 60.7 Å². The molecule has 1 heterocycles. The van der Waals surface area contributed by atoms with Crippen LogP contribution < -0.4 is 0 Å². The van der Waals surface area contributed by atoms with Gasteiger partial charge in [0.25, 0.3) is 0 Å². The SMILES string of the molecule is O=C(/C=C/c1cn(-c2ccccc2)nc1-c1ccccc1)c1cccc(O)c1. The number of rotatable bonds is 5. The zero-order valence-electron chi connectivity index (χ0n) is 15.1. The third-order valence-corrected chi connectivity index (χ3v) is 4.36. The Morgan fingerprint density at radius 3 is 2.32 bits per heavy atom. The molecule has 3 aromatic carbocycles. The molecule has 0 spiro atoms. The smallest absolute Gasteiger partial charge is 0.185 e. The van der Waals surface area contributed by atoms with E-state index in [4.69, 9.17) is 5.10 Å². The summed E-state index contributed by atoms with van der Waals surface area (Å²) < 4.78 is 1.81. The number of carbonyl (C=O) groups excluding carboxylic acids is 1. The number of para-hydroxylation sites is 1. The van der Waals surface area contributed by atoms with Crippen LogP contribution in [0, 0.1) is 0 Å². The molecule has 0 amide bonds. The van der Waals surface area contributed by atoms with Crippen LogP contribution in [-0.4, -0.2) is 20.7 Å². The molecule has 1 N–H and O–H groups in total. The minimum absolute atomic E-state index is 0.0705. The Morgan fingerprint density at radius 1 is 0.893 bits per heavy atom. The predicted molar refractivity (Wildman–Crippen MR) is 110 cm³/mol. The molecule has 0 saturated heterocycles. The van der Waals surface area contributed by atoms with E-state index in [0.717, 1.165) is 22.5 Å². The number of aromatic hydroxyl groups is 1. The van der Waals surface area contributed by atoms with Crippen molar-refractivity contribution in [2.24, 2.45) is 0 Å². The highest BCUT2D eigenvalue weighted by Crippen LogP contribution is 2.25. The molecular weight excluding hydrogens is 348 g/mol. The molecule has 0 aliphatic carbocycles. The van der Waals surface area contributed by atoms with Crippen LogP contribution in [0.2, 0.25) is 0 Å². The Labute approximate surface area is 163 Å². The topological polar surface area (TPSA) is 55.1 Å². The van der Waals surface area contributed by atoms with Gasteiger partial charge in [0.15, 0.2) is 5.78 Å². The van der Waals surface area contributed by atoms with Crippen LogP contribution in [0.5, 0.6) is 5.75 Å². The summed E-state index contributed by atoms with van der Waals surface area (Å²) in [5, 5.41) is 14.3. The Balaban J connectivity index is 1.73. The van der Waals surface area contributed by atoms with Crippen molar-refractivity contribution < 1.29 is 9.90 Å². The number of phenolic OH excluding ortho intramolecular Hbond substituents is 1. The zero-order chi connectivity index (χ0) is 19.3. The van der Waals surface area contributed by atoms with E-state index in [2.05, 4.69) is 0 Å². The molecule has 0 atom stereocenters. The average molecular weight is 366 g/mol. The van der Waals surface area contributed by atoms with Crippen molar-refractivity contribution >= 4 is 11.9 Å². The lowest BCUT2D eigenvalue weighted by Gasteiger charge is -2.00. The van der Waals surface area contributed by atoms with Crippen molar-refractivity contribution in [3.05, 3.63) is 108 Å². The normalized spacial score (nSPS) is 11.0. The van der Waals surface area contributed by atoms with Gasteiger partial charge < -0.3 is 5.11 Å². The maximum atomic E-state index is 12.5. The molecule has 1 aromatic heterocycles. The third-order valence-electron chi connectivity index (χ3n) is 4.36. The molecule has 0 unspecified atom stereocenters. The lowest BCUT2D eigenvalue weighted by molar-refractivity contribution is 0.104. The molecule has 4 aromatic rings. The van der Waals surface area contributed by atoms with Crippen LogP contribution in [-0.2, 0) is 0 Å². The zero-order valence-corrected chi connectivity index (χ0v) is 15.1. The van der Waals surface area contributed by atoms with Crippen LogP contribution in [0.15, 0.2) is 97.2 Å². The second-order valence-corrected chi connectivity index (χ2v) is 6.33. The first kappa shape index (κ1) is 17.5. The quantitative estimate of drug-likeness (QED) is 0.393. The Hall–Kier alpha value is -3.92. The van der Waals surface area contributed by atoms with E-state index in [1.165, 1.54) is 18.2 Å². The summed E-state index contributed by atoms with van der Waals surface area (Å²) in [4.78, 5) is 12.5. The molecule has 0 bridgehead atoms. The molecule has 0 fully saturated rings. The van der Waals surface area contributed by atoms with E-state index in [1.807, 2.05) is 66.9 Å². The van der Waals surface area contributed by atoms with Gasteiger partial charge >= 0.3 is 0 Å². The van der Waals surface area contributed by atoms with Gasteiger partial charge in [-0.15, -0.1) is 0 Å². The van der Waals surface area contributed by atoms with Crippen molar-refractivity contribution in [2.45, 2.75) is 0 Å². The van der Waals surface area contributed by atoms with E-state index in [9.17, 15) is 9.90 Å². The summed E-state index contributed by atoms with van der Waals surface area (Å²) in [7, 11) is 0. The van der Waals surface area contributed by atoms with Gasteiger partial charge in [-0.25, -0.2) is 4.68 Å². The number of hydrogen-bond acceptors (Lipinski definition) is 3. The molecule has 0 radical (unpaired) electrons. The van der Waals surface area contributed by atoms with Crippen LogP contribution in [0.4, 0.5) is 0 Å². The molecule has 0 saturated carbocycles. The fourth-order valence-electron chi connectivity index (χ4n) is 2.96. The fraction of sp³-hybridized carbons (Fsp3) is 0. The molecule has 4 heteroatoms. The van der Waals surface area contributed by atoms with E-state index in [0.29, 0.717) is 5.56 Å². The first-order valence-corrected chi connectivity index (χ1v) is 8.93. The summed E-state index contributed by atoms with van der Waals surface area (Å²) in [5.74, 6) is -0.108. The first-order valence-electron chi connectivity index (χ1n) is 8.93. The minimum Gasteiger partial charge on any atom is -0.508 e. The maximum absolute atomic E-state index is 12.5. The molecule has 4 rings (SSSR count). The highest BCUT2D eigenvalue weighted by molar-refractivity contribution is 6.07. The third kappa shape index (κ3) is 3.76. The summed E-state index contributed by atoms with van der Waals surface area (Å²) in [6.07, 6.45) is 5.18. The number of hydrogen-bond donors (Lipinski definition) is 1. The van der Waals surface area contributed by atoms with Crippen LogP contribution >= 0.6 is 0 Å². The first-order chi connectivity index (χ1) is 13.7. The summed E-state index contributed by atoms with van der Waals surface area (Å²) in [6, 6.07) is 26.0. The molecule has 0 aliphatic heterocycles. The monoisotopic (exact) mass is 366 g/mol. The van der Waals surface area contributed by atoms with Crippen molar-refractivity contribution in [3.8, 4) is 22.7 Å². The van der Waals surface area contributed by atoms with Gasteiger partial charge in [0.2, 0.25) is 0 Å². The number of nitrogens with zero attached hydrogens (tertiary/aromatic N) is 2. The molecule has 136 valence electrons. The number of aromatic nitrogens is 2.